The first-order valence-electron chi connectivity index (χ1n) is 3.85. The Balaban J connectivity index is 3.27. The van der Waals surface area contributed by atoms with Crippen LogP contribution in [-0.4, -0.2) is 9.96 Å². The third kappa shape index (κ3) is 6.02. The molecule has 1 unspecified atom stereocenters. The Bertz CT molecular complexity index is 118. The fraction of sp³-hybridized carbons (Fsp3) is 0.750. The predicted octanol–water partition coefficient (Wildman–Crippen LogP) is 2.46. The maximum absolute atomic E-state index is 10.8. The second-order valence-electron chi connectivity index (χ2n) is 2.18. The van der Waals surface area contributed by atoms with Crippen LogP contribution in [0.2, 0.25) is 0 Å². The zero-order valence-corrected chi connectivity index (χ0v) is 7.62. The highest BCUT2D eigenvalue weighted by atomic mass is 32.2. The number of hydrogen-bond donors (Lipinski definition) is 0. The van der Waals surface area contributed by atoms with E-state index >= 15 is 0 Å². The third-order valence-corrected chi connectivity index (χ3v) is 2.32. The number of unbranched alkanes of at least 4 members (excludes halogenated alkanes) is 2. The zero-order chi connectivity index (χ0) is 7.82. The molecule has 0 rings (SSSR count). The van der Waals surface area contributed by atoms with Gasteiger partial charge in [0.05, 0.1) is 0 Å². The van der Waals surface area contributed by atoms with Gasteiger partial charge in [0, 0.05) is 16.6 Å². The minimum atomic E-state index is -0.711. The molecule has 1 atom stereocenters. The first kappa shape index (κ1) is 9.89. The largest absolute Gasteiger partial charge is 0.255 e. The molecule has 0 fully saturated rings. The van der Waals surface area contributed by atoms with Gasteiger partial charge in [-0.05, 0) is 11.8 Å². The molecular formula is C8H16OS. The Morgan fingerprint density at radius 2 is 2.10 bits per heavy atom. The number of rotatable bonds is 5. The molecule has 0 heterocycles. The maximum atomic E-state index is 10.8. The molecule has 0 radical (unpaired) electrons. The van der Waals surface area contributed by atoms with Crippen LogP contribution in [0.4, 0.5) is 0 Å². The smallest absolute Gasteiger partial charge is 0.0449 e. The molecule has 0 aliphatic rings. The average molecular weight is 160 g/mol. The van der Waals surface area contributed by atoms with Crippen LogP contribution < -0.4 is 0 Å². The molecule has 0 N–H and O–H groups in total. The van der Waals surface area contributed by atoms with Gasteiger partial charge in [0.2, 0.25) is 0 Å². The second kappa shape index (κ2) is 7.00. The van der Waals surface area contributed by atoms with E-state index in [1.54, 1.807) is 5.41 Å². The molecule has 0 spiro atoms. The quantitative estimate of drug-likeness (QED) is 0.565. The molecule has 0 aromatic heterocycles. The van der Waals surface area contributed by atoms with Crippen molar-refractivity contribution in [3.8, 4) is 0 Å². The molecule has 0 aromatic carbocycles. The van der Waals surface area contributed by atoms with E-state index in [-0.39, 0.29) is 0 Å². The maximum Gasteiger partial charge on any atom is 0.0449 e. The van der Waals surface area contributed by atoms with Crippen molar-refractivity contribution < 1.29 is 4.21 Å². The minimum absolute atomic E-state index is 0.711. The molecule has 1 nitrogen and oxygen atoms in total. The summed E-state index contributed by atoms with van der Waals surface area (Å²) in [5, 5.41) is 1.80. The summed E-state index contributed by atoms with van der Waals surface area (Å²) in [6.07, 6.45) is 5.51. The monoisotopic (exact) mass is 160 g/mol. The predicted molar refractivity (Wildman–Crippen MR) is 47.3 cm³/mol. The van der Waals surface area contributed by atoms with Gasteiger partial charge in [-0.15, -0.1) is 0 Å². The van der Waals surface area contributed by atoms with E-state index in [0.29, 0.717) is 0 Å². The zero-order valence-electron chi connectivity index (χ0n) is 6.80. The van der Waals surface area contributed by atoms with Crippen LogP contribution in [0, 0.1) is 0 Å². The van der Waals surface area contributed by atoms with Gasteiger partial charge in [-0.1, -0.05) is 32.8 Å². The molecule has 10 heavy (non-hydrogen) atoms. The van der Waals surface area contributed by atoms with Crippen LogP contribution in [0.5, 0.6) is 0 Å². The lowest BCUT2D eigenvalue weighted by atomic mass is 10.2. The highest BCUT2D eigenvalue weighted by Gasteiger charge is 1.84. The molecular weight excluding hydrogens is 144 g/mol. The molecule has 0 saturated heterocycles. The lowest BCUT2D eigenvalue weighted by Gasteiger charge is -1.88. The van der Waals surface area contributed by atoms with Gasteiger partial charge in [0.25, 0.3) is 0 Å². The molecule has 2 heteroatoms. The molecule has 0 amide bonds. The third-order valence-electron chi connectivity index (χ3n) is 1.26. The standard InChI is InChI=1S/C8H16OS/c1-3-5-6-7-8-10(9)4-2/h7-8H,3-6H2,1-2H3. The van der Waals surface area contributed by atoms with Crippen LogP contribution in [0.1, 0.15) is 33.1 Å². The molecule has 0 bridgehead atoms. The molecule has 0 aliphatic heterocycles. The van der Waals surface area contributed by atoms with Crippen LogP contribution in [0.15, 0.2) is 11.5 Å². The van der Waals surface area contributed by atoms with Crippen LogP contribution in [0.3, 0.4) is 0 Å². The summed E-state index contributed by atoms with van der Waals surface area (Å²) in [5.74, 6) is 0.739. The van der Waals surface area contributed by atoms with Gasteiger partial charge in [0.1, 0.15) is 0 Å². The van der Waals surface area contributed by atoms with Crippen molar-refractivity contribution in [2.45, 2.75) is 33.1 Å². The number of allylic oxidation sites excluding steroid dienone is 1. The molecule has 60 valence electrons. The summed E-state index contributed by atoms with van der Waals surface area (Å²) in [5.41, 5.74) is 0. The molecule has 0 saturated carbocycles. The summed E-state index contributed by atoms with van der Waals surface area (Å²) in [6, 6.07) is 0. The Morgan fingerprint density at radius 3 is 2.60 bits per heavy atom. The lowest BCUT2D eigenvalue weighted by molar-refractivity contribution is 0.689. The molecule has 0 aromatic rings. The van der Waals surface area contributed by atoms with Crippen molar-refractivity contribution in [1.29, 1.82) is 0 Å². The van der Waals surface area contributed by atoms with Gasteiger partial charge in [-0.2, -0.15) is 0 Å². The Kier molecular flexibility index (Phi) is 6.93. The van der Waals surface area contributed by atoms with Gasteiger partial charge in [-0.3, -0.25) is 4.21 Å². The Morgan fingerprint density at radius 1 is 1.40 bits per heavy atom. The second-order valence-corrected chi connectivity index (χ2v) is 3.79. The van der Waals surface area contributed by atoms with E-state index in [0.717, 1.165) is 12.2 Å². The van der Waals surface area contributed by atoms with Crippen LogP contribution in [0.25, 0.3) is 0 Å². The van der Waals surface area contributed by atoms with Gasteiger partial charge in [-0.25, -0.2) is 0 Å². The Hall–Kier alpha value is -0.110. The summed E-state index contributed by atoms with van der Waals surface area (Å²) < 4.78 is 10.8. The van der Waals surface area contributed by atoms with Crippen molar-refractivity contribution in [1.82, 2.24) is 0 Å². The summed E-state index contributed by atoms with van der Waals surface area (Å²) >= 11 is 0. The first-order chi connectivity index (χ1) is 4.81. The summed E-state index contributed by atoms with van der Waals surface area (Å²) in [6.45, 7) is 4.09. The van der Waals surface area contributed by atoms with E-state index < -0.39 is 10.8 Å². The fourth-order valence-electron chi connectivity index (χ4n) is 0.594. The van der Waals surface area contributed by atoms with Crippen molar-refractivity contribution in [3.05, 3.63) is 11.5 Å². The van der Waals surface area contributed by atoms with E-state index in [4.69, 9.17) is 0 Å². The first-order valence-corrected chi connectivity index (χ1v) is 5.23. The van der Waals surface area contributed by atoms with E-state index in [9.17, 15) is 4.21 Å². The highest BCUT2D eigenvalue weighted by molar-refractivity contribution is 7.87. The van der Waals surface area contributed by atoms with E-state index in [2.05, 4.69) is 6.92 Å². The van der Waals surface area contributed by atoms with E-state index in [1.807, 2.05) is 13.0 Å². The Labute approximate surface area is 66.0 Å². The summed E-state index contributed by atoms with van der Waals surface area (Å²) in [7, 11) is -0.711. The highest BCUT2D eigenvalue weighted by Crippen LogP contribution is 1.95. The van der Waals surface area contributed by atoms with Gasteiger partial charge >= 0.3 is 0 Å². The average Bonchev–Trinajstić information content (AvgIpc) is 1.98. The molecule has 0 aliphatic carbocycles. The van der Waals surface area contributed by atoms with Gasteiger partial charge in [0.15, 0.2) is 0 Å². The lowest BCUT2D eigenvalue weighted by Crippen LogP contribution is -1.84. The van der Waals surface area contributed by atoms with E-state index in [1.165, 1.54) is 12.8 Å². The van der Waals surface area contributed by atoms with Crippen molar-refractivity contribution >= 4 is 10.8 Å². The van der Waals surface area contributed by atoms with Crippen LogP contribution >= 0.6 is 0 Å². The topological polar surface area (TPSA) is 17.1 Å². The summed E-state index contributed by atoms with van der Waals surface area (Å²) in [4.78, 5) is 0. The van der Waals surface area contributed by atoms with Crippen molar-refractivity contribution in [2.24, 2.45) is 0 Å². The van der Waals surface area contributed by atoms with Crippen LogP contribution in [-0.2, 0) is 10.8 Å². The fourth-order valence-corrected chi connectivity index (χ4v) is 1.14. The van der Waals surface area contributed by atoms with Gasteiger partial charge < -0.3 is 0 Å². The van der Waals surface area contributed by atoms with Crippen molar-refractivity contribution in [2.75, 3.05) is 5.75 Å². The SMILES string of the molecule is CCCCC=CS(=O)CC. The van der Waals surface area contributed by atoms with Crippen molar-refractivity contribution in [3.63, 3.8) is 0 Å². The minimum Gasteiger partial charge on any atom is -0.255 e. The normalized spacial score (nSPS) is 14.2. The number of hydrogen-bond acceptors (Lipinski definition) is 1.